The van der Waals surface area contributed by atoms with Crippen LogP contribution in [0.5, 0.6) is 0 Å². The zero-order chi connectivity index (χ0) is 13.1. The Balaban J connectivity index is 2.42. The second kappa shape index (κ2) is 4.79. The number of aromatic nitrogens is 3. The Morgan fingerprint density at radius 2 is 2.11 bits per heavy atom. The Morgan fingerprint density at radius 1 is 1.33 bits per heavy atom. The van der Waals surface area contributed by atoms with Gasteiger partial charge in [0, 0.05) is 12.4 Å². The standard InChI is InChI=1S/C12H12N4O2/c1-7-10(4-3-5-13-7)16-11-9(12(17)18)6-14-8(2)15-11/h3-6H,1-2H3,(H,17,18)(H,14,15,16). The van der Waals surface area contributed by atoms with Gasteiger partial charge in [0.25, 0.3) is 0 Å². The quantitative estimate of drug-likeness (QED) is 0.857. The molecular weight excluding hydrogens is 232 g/mol. The molecule has 2 aromatic heterocycles. The maximum atomic E-state index is 11.1. The molecule has 18 heavy (non-hydrogen) atoms. The smallest absolute Gasteiger partial charge is 0.341 e. The van der Waals surface area contributed by atoms with E-state index in [9.17, 15) is 4.79 Å². The first-order valence-corrected chi connectivity index (χ1v) is 5.33. The van der Waals surface area contributed by atoms with Crippen molar-refractivity contribution in [2.75, 3.05) is 5.32 Å². The second-order valence-corrected chi connectivity index (χ2v) is 3.75. The number of nitrogens with zero attached hydrogens (tertiary/aromatic N) is 3. The molecule has 0 atom stereocenters. The van der Waals surface area contributed by atoms with Crippen LogP contribution in [0.4, 0.5) is 11.5 Å². The minimum Gasteiger partial charge on any atom is -0.477 e. The lowest BCUT2D eigenvalue weighted by Gasteiger charge is -2.10. The van der Waals surface area contributed by atoms with E-state index in [-0.39, 0.29) is 11.4 Å². The molecule has 2 rings (SSSR count). The van der Waals surface area contributed by atoms with Gasteiger partial charge >= 0.3 is 5.97 Å². The van der Waals surface area contributed by atoms with Gasteiger partial charge in [-0.15, -0.1) is 0 Å². The van der Waals surface area contributed by atoms with Gasteiger partial charge < -0.3 is 10.4 Å². The molecule has 92 valence electrons. The van der Waals surface area contributed by atoms with E-state index in [2.05, 4.69) is 20.3 Å². The zero-order valence-corrected chi connectivity index (χ0v) is 10.0. The van der Waals surface area contributed by atoms with Crippen molar-refractivity contribution in [3.05, 3.63) is 41.6 Å². The number of aromatic carboxylic acids is 1. The number of nitrogens with one attached hydrogen (secondary N) is 1. The van der Waals surface area contributed by atoms with Gasteiger partial charge in [-0.05, 0) is 26.0 Å². The molecule has 6 heteroatoms. The van der Waals surface area contributed by atoms with E-state index in [0.717, 1.165) is 11.4 Å². The van der Waals surface area contributed by atoms with Crippen molar-refractivity contribution in [1.29, 1.82) is 0 Å². The molecule has 0 radical (unpaired) electrons. The minimum absolute atomic E-state index is 0.0313. The number of aryl methyl sites for hydroxylation is 2. The molecule has 6 nitrogen and oxygen atoms in total. The lowest BCUT2D eigenvalue weighted by molar-refractivity contribution is 0.0697. The molecule has 2 N–H and O–H groups in total. The van der Waals surface area contributed by atoms with Crippen molar-refractivity contribution in [2.24, 2.45) is 0 Å². The van der Waals surface area contributed by atoms with Crippen molar-refractivity contribution >= 4 is 17.5 Å². The lowest BCUT2D eigenvalue weighted by atomic mass is 10.2. The molecule has 0 saturated heterocycles. The van der Waals surface area contributed by atoms with Crippen LogP contribution in [0, 0.1) is 13.8 Å². The third-order valence-corrected chi connectivity index (χ3v) is 2.40. The number of carboxylic acids is 1. The zero-order valence-electron chi connectivity index (χ0n) is 10.0. The lowest BCUT2D eigenvalue weighted by Crippen LogP contribution is -2.08. The molecule has 0 bridgehead atoms. The van der Waals surface area contributed by atoms with Gasteiger partial charge in [0.15, 0.2) is 0 Å². The maximum absolute atomic E-state index is 11.1. The highest BCUT2D eigenvalue weighted by molar-refractivity contribution is 5.93. The summed E-state index contributed by atoms with van der Waals surface area (Å²) in [5, 5.41) is 12.0. The van der Waals surface area contributed by atoms with Crippen molar-refractivity contribution in [2.45, 2.75) is 13.8 Å². The van der Waals surface area contributed by atoms with Gasteiger partial charge in [0.1, 0.15) is 17.2 Å². The molecule has 0 aliphatic heterocycles. The van der Waals surface area contributed by atoms with Gasteiger partial charge in [-0.2, -0.15) is 0 Å². The molecule has 0 fully saturated rings. The highest BCUT2D eigenvalue weighted by Gasteiger charge is 2.13. The summed E-state index contributed by atoms with van der Waals surface area (Å²) in [6.07, 6.45) is 2.96. The average molecular weight is 244 g/mol. The fourth-order valence-corrected chi connectivity index (χ4v) is 1.47. The number of hydrogen-bond acceptors (Lipinski definition) is 5. The molecule has 0 aliphatic rings. The van der Waals surface area contributed by atoms with E-state index < -0.39 is 5.97 Å². The highest BCUT2D eigenvalue weighted by atomic mass is 16.4. The molecule has 2 aromatic rings. The number of rotatable bonds is 3. The van der Waals surface area contributed by atoms with Crippen LogP contribution in [0.2, 0.25) is 0 Å². The van der Waals surface area contributed by atoms with E-state index in [4.69, 9.17) is 5.11 Å². The summed E-state index contributed by atoms with van der Waals surface area (Å²) in [6, 6.07) is 3.58. The number of pyridine rings is 1. The van der Waals surface area contributed by atoms with Crippen LogP contribution in [0.1, 0.15) is 21.9 Å². The van der Waals surface area contributed by atoms with Gasteiger partial charge in [-0.1, -0.05) is 0 Å². The van der Waals surface area contributed by atoms with Crippen LogP contribution in [-0.4, -0.2) is 26.0 Å². The van der Waals surface area contributed by atoms with Crippen molar-refractivity contribution in [3.63, 3.8) is 0 Å². The van der Waals surface area contributed by atoms with Gasteiger partial charge in [0.05, 0.1) is 11.4 Å². The average Bonchev–Trinajstić information content (AvgIpc) is 2.32. The predicted octanol–water partition coefficient (Wildman–Crippen LogP) is 1.93. The highest BCUT2D eigenvalue weighted by Crippen LogP contribution is 2.20. The third-order valence-electron chi connectivity index (χ3n) is 2.40. The van der Waals surface area contributed by atoms with Gasteiger partial charge in [0.2, 0.25) is 0 Å². The Labute approximate surface area is 104 Å². The Morgan fingerprint density at radius 3 is 2.78 bits per heavy atom. The van der Waals surface area contributed by atoms with E-state index in [1.165, 1.54) is 6.20 Å². The molecule has 0 aliphatic carbocycles. The van der Waals surface area contributed by atoms with Crippen molar-refractivity contribution in [3.8, 4) is 0 Å². The minimum atomic E-state index is -1.07. The fourth-order valence-electron chi connectivity index (χ4n) is 1.47. The van der Waals surface area contributed by atoms with Crippen LogP contribution < -0.4 is 5.32 Å². The molecule has 0 spiro atoms. The topological polar surface area (TPSA) is 88.0 Å². The normalized spacial score (nSPS) is 10.1. The summed E-state index contributed by atoms with van der Waals surface area (Å²) in [6.45, 7) is 3.53. The Kier molecular flexibility index (Phi) is 3.18. The summed E-state index contributed by atoms with van der Waals surface area (Å²) in [5.74, 6) is -0.297. The monoisotopic (exact) mass is 244 g/mol. The van der Waals surface area contributed by atoms with E-state index in [1.807, 2.05) is 13.0 Å². The SMILES string of the molecule is Cc1ncc(C(=O)O)c(Nc2cccnc2C)n1. The maximum Gasteiger partial charge on any atom is 0.341 e. The van der Waals surface area contributed by atoms with E-state index >= 15 is 0 Å². The van der Waals surface area contributed by atoms with Crippen LogP contribution in [0.3, 0.4) is 0 Å². The molecule has 0 amide bonds. The van der Waals surface area contributed by atoms with Gasteiger partial charge in [-0.25, -0.2) is 14.8 Å². The van der Waals surface area contributed by atoms with Crippen LogP contribution in [-0.2, 0) is 0 Å². The number of hydrogen-bond donors (Lipinski definition) is 2. The molecule has 0 unspecified atom stereocenters. The van der Waals surface area contributed by atoms with Crippen molar-refractivity contribution < 1.29 is 9.90 Å². The third kappa shape index (κ3) is 2.42. The van der Waals surface area contributed by atoms with Crippen molar-refractivity contribution in [1.82, 2.24) is 15.0 Å². The summed E-state index contributed by atoms with van der Waals surface area (Å²) < 4.78 is 0. The second-order valence-electron chi connectivity index (χ2n) is 3.75. The Hall–Kier alpha value is -2.50. The summed E-state index contributed by atoms with van der Waals surface area (Å²) >= 11 is 0. The fraction of sp³-hybridized carbons (Fsp3) is 0.167. The van der Waals surface area contributed by atoms with E-state index in [1.54, 1.807) is 19.2 Å². The summed E-state index contributed by atoms with van der Waals surface area (Å²) in [5.41, 5.74) is 1.52. The Bertz CT molecular complexity index is 598. The van der Waals surface area contributed by atoms with Gasteiger partial charge in [-0.3, -0.25) is 4.98 Å². The molecule has 2 heterocycles. The summed E-state index contributed by atoms with van der Waals surface area (Å²) in [4.78, 5) is 23.2. The number of carboxylic acid groups (broad SMARTS) is 1. The number of anilines is 2. The van der Waals surface area contributed by atoms with Crippen LogP contribution in [0.25, 0.3) is 0 Å². The largest absolute Gasteiger partial charge is 0.477 e. The summed E-state index contributed by atoms with van der Waals surface area (Å²) in [7, 11) is 0. The predicted molar refractivity (Wildman–Crippen MR) is 66.0 cm³/mol. The first-order valence-electron chi connectivity index (χ1n) is 5.33. The number of carbonyl (C=O) groups is 1. The molecule has 0 saturated carbocycles. The van der Waals surface area contributed by atoms with Crippen LogP contribution >= 0.6 is 0 Å². The van der Waals surface area contributed by atoms with Crippen LogP contribution in [0.15, 0.2) is 24.5 Å². The first kappa shape index (κ1) is 12.0. The van der Waals surface area contributed by atoms with E-state index in [0.29, 0.717) is 5.82 Å². The first-order chi connectivity index (χ1) is 8.58. The molecule has 0 aromatic carbocycles. The molecular formula is C12H12N4O2.